The van der Waals surface area contributed by atoms with Crippen molar-refractivity contribution in [2.24, 2.45) is 0 Å². The van der Waals surface area contributed by atoms with E-state index in [0.717, 1.165) is 16.1 Å². The summed E-state index contributed by atoms with van der Waals surface area (Å²) in [5.41, 5.74) is 2.26. The summed E-state index contributed by atoms with van der Waals surface area (Å²) < 4.78 is 27.0. The van der Waals surface area contributed by atoms with Gasteiger partial charge in [-0.2, -0.15) is 9.57 Å². The van der Waals surface area contributed by atoms with Crippen LogP contribution in [-0.2, 0) is 21.4 Å². The Balaban J connectivity index is 0.000000878. The first-order valence-electron chi connectivity index (χ1n) is 7.97. The number of aromatic amines is 1. The van der Waals surface area contributed by atoms with Crippen molar-refractivity contribution in [2.45, 2.75) is 17.7 Å². The summed E-state index contributed by atoms with van der Waals surface area (Å²) in [4.78, 5) is 16.3. The number of carbonyl (C=O) groups is 1. The van der Waals surface area contributed by atoms with Gasteiger partial charge >= 0.3 is 0 Å². The molecule has 0 fully saturated rings. The molecule has 0 aliphatic carbocycles. The summed E-state index contributed by atoms with van der Waals surface area (Å²) in [6, 6.07) is 12.6. The fraction of sp³-hybridized carbons (Fsp3) is 0.167. The van der Waals surface area contributed by atoms with E-state index in [1.165, 1.54) is 22.7 Å². The molecule has 0 bridgehead atoms. The first-order valence-corrected chi connectivity index (χ1v) is 10.2. The number of aromatic nitrogens is 2. The Morgan fingerprint density at radius 1 is 1.36 bits per heavy atom. The van der Waals surface area contributed by atoms with Crippen molar-refractivity contribution in [2.75, 3.05) is 7.05 Å². The van der Waals surface area contributed by atoms with E-state index in [1.54, 1.807) is 36.5 Å². The Morgan fingerprint density at radius 2 is 2.07 bits per heavy atom. The van der Waals surface area contributed by atoms with Crippen LogP contribution in [0, 0.1) is 18.3 Å². The van der Waals surface area contributed by atoms with Crippen LogP contribution in [-0.4, -0.2) is 41.3 Å². The number of aryl methyl sites for hydroxylation is 1. The molecule has 2 aromatic heterocycles. The van der Waals surface area contributed by atoms with Crippen molar-refractivity contribution in [1.29, 1.82) is 5.26 Å². The minimum absolute atomic E-state index is 0.174. The van der Waals surface area contributed by atoms with Crippen molar-refractivity contribution < 1.29 is 18.3 Å². The molecule has 3 aromatic rings. The average molecular weight is 419 g/mol. The van der Waals surface area contributed by atoms with E-state index in [1.807, 2.05) is 13.0 Å². The predicted molar refractivity (Wildman–Crippen MR) is 105 cm³/mol. The molecule has 0 aliphatic rings. The second-order valence-electron chi connectivity index (χ2n) is 5.69. The van der Waals surface area contributed by atoms with E-state index in [2.05, 4.69) is 16.0 Å². The number of benzene rings is 1. The van der Waals surface area contributed by atoms with Crippen molar-refractivity contribution in [1.82, 2.24) is 14.3 Å². The molecule has 0 saturated carbocycles. The lowest BCUT2D eigenvalue weighted by molar-refractivity contribution is -0.122. The van der Waals surface area contributed by atoms with E-state index in [0.29, 0.717) is 11.4 Å². The second kappa shape index (κ2) is 9.27. The number of sulfonamides is 1. The Kier molecular flexibility index (Phi) is 7.06. The molecule has 0 amide bonds. The minimum Gasteiger partial charge on any atom is -0.483 e. The van der Waals surface area contributed by atoms with E-state index >= 15 is 0 Å². The molecule has 0 saturated heterocycles. The molecule has 10 heteroatoms. The number of nitrogens with one attached hydrogen (secondary N) is 1. The van der Waals surface area contributed by atoms with Gasteiger partial charge in [0, 0.05) is 23.8 Å². The maximum Gasteiger partial charge on any atom is 0.290 e. The Morgan fingerprint density at radius 3 is 2.68 bits per heavy atom. The highest BCUT2D eigenvalue weighted by Gasteiger charge is 2.24. The Hall–Kier alpha value is -3.00. The van der Waals surface area contributed by atoms with E-state index in [4.69, 9.17) is 15.2 Å². The summed E-state index contributed by atoms with van der Waals surface area (Å²) in [5.74, 6) is 0.599. The molecule has 0 radical (unpaired) electrons. The first kappa shape index (κ1) is 21.3. The van der Waals surface area contributed by atoms with Crippen LogP contribution >= 0.6 is 11.3 Å². The standard InChI is InChI=1S/C17H16N4O2S2.CH2O2/c1-12-10-19-16(20-12)11-21(2)25(22,23)17-7-6-15(24-17)14-5-3-4-13(8-14)9-18;2-1-3/h3-8,10H,11H2,1-2H3,(H,19,20);1H,(H,2,3). The van der Waals surface area contributed by atoms with Gasteiger partial charge in [0.2, 0.25) is 0 Å². The molecule has 2 N–H and O–H groups in total. The second-order valence-corrected chi connectivity index (χ2v) is 9.05. The van der Waals surface area contributed by atoms with E-state index in [-0.39, 0.29) is 17.2 Å². The van der Waals surface area contributed by atoms with Crippen LogP contribution in [0.3, 0.4) is 0 Å². The number of H-pyrrole nitrogens is 1. The minimum atomic E-state index is -3.60. The van der Waals surface area contributed by atoms with Gasteiger partial charge in [-0.25, -0.2) is 13.4 Å². The van der Waals surface area contributed by atoms with Crippen LogP contribution in [0.4, 0.5) is 0 Å². The lowest BCUT2D eigenvalue weighted by atomic mass is 10.1. The molecule has 146 valence electrons. The lowest BCUT2D eigenvalue weighted by Crippen LogP contribution is -2.26. The van der Waals surface area contributed by atoms with Gasteiger partial charge in [-0.1, -0.05) is 12.1 Å². The number of thiophene rings is 1. The van der Waals surface area contributed by atoms with Crippen LogP contribution in [0.15, 0.2) is 46.8 Å². The van der Waals surface area contributed by atoms with Crippen LogP contribution in [0.2, 0.25) is 0 Å². The molecular formula is C18H18N4O4S2. The van der Waals surface area contributed by atoms with Gasteiger partial charge in [0.25, 0.3) is 16.5 Å². The van der Waals surface area contributed by atoms with Crippen LogP contribution in [0.5, 0.6) is 0 Å². The third-order valence-electron chi connectivity index (χ3n) is 3.65. The number of carboxylic acid groups (broad SMARTS) is 1. The monoisotopic (exact) mass is 418 g/mol. The summed E-state index contributed by atoms with van der Waals surface area (Å²) in [6.45, 7) is 1.79. The van der Waals surface area contributed by atoms with Crippen molar-refractivity contribution in [3.8, 4) is 16.5 Å². The number of imidazole rings is 1. The quantitative estimate of drug-likeness (QED) is 0.613. The highest BCUT2D eigenvalue weighted by Crippen LogP contribution is 2.32. The molecule has 28 heavy (non-hydrogen) atoms. The molecular weight excluding hydrogens is 400 g/mol. The third-order valence-corrected chi connectivity index (χ3v) is 7.06. The summed E-state index contributed by atoms with van der Waals surface area (Å²) in [5, 5.41) is 15.9. The van der Waals surface area contributed by atoms with Gasteiger partial charge in [0.15, 0.2) is 0 Å². The van der Waals surface area contributed by atoms with Crippen LogP contribution in [0.25, 0.3) is 10.4 Å². The highest BCUT2D eigenvalue weighted by atomic mass is 32.2. The maximum atomic E-state index is 12.8. The van der Waals surface area contributed by atoms with Gasteiger partial charge in [0.1, 0.15) is 10.0 Å². The molecule has 0 aliphatic heterocycles. The number of hydrogen-bond donors (Lipinski definition) is 2. The van der Waals surface area contributed by atoms with Crippen LogP contribution in [0.1, 0.15) is 17.1 Å². The molecule has 0 atom stereocenters. The average Bonchev–Trinajstić information content (AvgIpc) is 3.32. The van der Waals surface area contributed by atoms with E-state index in [9.17, 15) is 8.42 Å². The van der Waals surface area contributed by atoms with Crippen LogP contribution < -0.4 is 0 Å². The van der Waals surface area contributed by atoms with Gasteiger partial charge < -0.3 is 10.1 Å². The normalized spacial score (nSPS) is 10.8. The molecule has 0 spiro atoms. The zero-order valence-electron chi connectivity index (χ0n) is 15.2. The lowest BCUT2D eigenvalue weighted by Gasteiger charge is -2.14. The summed E-state index contributed by atoms with van der Waals surface area (Å²) in [6.07, 6.45) is 1.67. The molecule has 8 nitrogen and oxygen atoms in total. The topological polar surface area (TPSA) is 127 Å². The smallest absolute Gasteiger partial charge is 0.290 e. The SMILES string of the molecule is Cc1cnc(CN(C)S(=O)(=O)c2ccc(-c3cccc(C#N)c3)s2)[nH]1.O=CO. The maximum absolute atomic E-state index is 12.8. The van der Waals surface area contributed by atoms with Crippen molar-refractivity contribution in [3.63, 3.8) is 0 Å². The number of rotatable bonds is 5. The molecule has 1 aromatic carbocycles. The fourth-order valence-electron chi connectivity index (χ4n) is 2.35. The molecule has 3 rings (SSSR count). The molecule has 0 unspecified atom stereocenters. The Bertz CT molecular complexity index is 1100. The molecule has 2 heterocycles. The van der Waals surface area contributed by atoms with Gasteiger partial charge in [0.05, 0.1) is 18.2 Å². The van der Waals surface area contributed by atoms with Gasteiger partial charge in [-0.3, -0.25) is 4.79 Å². The highest BCUT2D eigenvalue weighted by molar-refractivity contribution is 7.91. The van der Waals surface area contributed by atoms with Gasteiger partial charge in [-0.15, -0.1) is 11.3 Å². The fourth-order valence-corrected chi connectivity index (χ4v) is 5.00. The summed E-state index contributed by atoms with van der Waals surface area (Å²) in [7, 11) is -2.07. The number of nitriles is 1. The third kappa shape index (κ3) is 5.04. The van der Waals surface area contributed by atoms with Gasteiger partial charge in [-0.05, 0) is 36.8 Å². The van der Waals surface area contributed by atoms with Crippen molar-refractivity contribution >= 4 is 27.8 Å². The predicted octanol–water partition coefficient (Wildman–Crippen LogP) is 2.84. The van der Waals surface area contributed by atoms with Crippen molar-refractivity contribution in [3.05, 3.63) is 59.7 Å². The Labute approximate surface area is 166 Å². The summed E-state index contributed by atoms with van der Waals surface area (Å²) >= 11 is 1.19. The van der Waals surface area contributed by atoms with E-state index < -0.39 is 10.0 Å². The largest absolute Gasteiger partial charge is 0.483 e. The first-order chi connectivity index (χ1) is 13.3. The zero-order chi connectivity index (χ0) is 20.7. The number of nitrogens with zero attached hydrogens (tertiary/aromatic N) is 3. The number of hydrogen-bond acceptors (Lipinski definition) is 6. The zero-order valence-corrected chi connectivity index (χ0v) is 16.8.